The molecular weight excluding hydrogens is 230 g/mol. The van der Waals surface area contributed by atoms with Crippen molar-refractivity contribution in [3.05, 3.63) is 40.3 Å². The Hall–Kier alpha value is -1.13. The summed E-state index contributed by atoms with van der Waals surface area (Å²) in [5.74, 6) is 0.831. The predicted molar refractivity (Wildman–Crippen MR) is 69.8 cm³/mol. The third kappa shape index (κ3) is 2.58. The number of hydrogen-bond donors (Lipinski definition) is 1. The fourth-order valence-corrected chi connectivity index (χ4v) is 3.06. The van der Waals surface area contributed by atoms with Gasteiger partial charge in [-0.05, 0) is 36.3 Å². The summed E-state index contributed by atoms with van der Waals surface area (Å²) in [6.07, 6.45) is 4.71. The molecule has 1 aliphatic rings. The van der Waals surface area contributed by atoms with E-state index in [0.29, 0.717) is 6.04 Å². The van der Waals surface area contributed by atoms with Crippen molar-refractivity contribution in [2.24, 2.45) is 13.0 Å². The summed E-state index contributed by atoms with van der Waals surface area (Å²) in [6, 6.07) is 6.97. The Labute approximate surface area is 105 Å². The fraction of sp³-hybridized carbons (Fsp3) is 0.462. The molecule has 1 aliphatic carbocycles. The van der Waals surface area contributed by atoms with Crippen molar-refractivity contribution in [3.63, 3.8) is 0 Å². The molecule has 1 fully saturated rings. The Bertz CT molecular complexity index is 471. The van der Waals surface area contributed by atoms with E-state index in [9.17, 15) is 0 Å². The van der Waals surface area contributed by atoms with E-state index in [4.69, 9.17) is 0 Å². The summed E-state index contributed by atoms with van der Waals surface area (Å²) in [4.78, 5) is 1.46. The fourth-order valence-electron chi connectivity index (χ4n) is 2.17. The van der Waals surface area contributed by atoms with Crippen LogP contribution < -0.4 is 5.32 Å². The third-order valence-corrected chi connectivity index (χ3v) is 4.17. The maximum absolute atomic E-state index is 4.40. The maximum Gasteiger partial charge on any atom is 0.0762 e. The van der Waals surface area contributed by atoms with Crippen LogP contribution in [-0.2, 0) is 13.6 Å². The summed E-state index contributed by atoms with van der Waals surface area (Å²) in [7, 11) is 1.96. The minimum absolute atomic E-state index is 0.525. The number of aryl methyl sites for hydroxylation is 1. The van der Waals surface area contributed by atoms with Crippen molar-refractivity contribution >= 4 is 11.3 Å². The zero-order chi connectivity index (χ0) is 11.7. The minimum Gasteiger partial charge on any atom is -0.303 e. The molecular formula is C13H17N3S. The molecule has 2 aromatic rings. The molecule has 90 valence electrons. The molecule has 2 aromatic heterocycles. The highest BCUT2D eigenvalue weighted by Crippen LogP contribution is 2.42. The van der Waals surface area contributed by atoms with Gasteiger partial charge in [0.2, 0.25) is 0 Å². The second-order valence-electron chi connectivity index (χ2n) is 4.69. The molecule has 0 aromatic carbocycles. The van der Waals surface area contributed by atoms with Crippen molar-refractivity contribution in [1.29, 1.82) is 0 Å². The lowest BCUT2D eigenvalue weighted by atomic mass is 10.1. The van der Waals surface area contributed by atoms with Crippen LogP contribution in [0.2, 0.25) is 0 Å². The molecule has 0 bridgehead atoms. The molecule has 1 unspecified atom stereocenters. The summed E-state index contributed by atoms with van der Waals surface area (Å²) in [5.41, 5.74) is 1.12. The maximum atomic E-state index is 4.40. The first-order chi connectivity index (χ1) is 8.33. The summed E-state index contributed by atoms with van der Waals surface area (Å²) < 4.78 is 1.86. The van der Waals surface area contributed by atoms with E-state index in [1.807, 2.05) is 29.3 Å². The predicted octanol–water partition coefficient (Wildman–Crippen LogP) is 2.72. The van der Waals surface area contributed by atoms with E-state index < -0.39 is 0 Å². The summed E-state index contributed by atoms with van der Waals surface area (Å²) in [5, 5.41) is 10.2. The quantitative estimate of drug-likeness (QED) is 0.880. The van der Waals surface area contributed by atoms with Gasteiger partial charge in [0.25, 0.3) is 0 Å². The molecule has 0 aliphatic heterocycles. The smallest absolute Gasteiger partial charge is 0.0762 e. The highest BCUT2D eigenvalue weighted by molar-refractivity contribution is 7.10. The molecule has 1 atom stereocenters. The Balaban J connectivity index is 1.65. The van der Waals surface area contributed by atoms with Gasteiger partial charge in [-0.2, -0.15) is 5.10 Å². The zero-order valence-corrected chi connectivity index (χ0v) is 10.8. The average molecular weight is 247 g/mol. The lowest BCUT2D eigenvalue weighted by molar-refractivity contribution is 0.481. The van der Waals surface area contributed by atoms with Crippen molar-refractivity contribution in [2.75, 3.05) is 0 Å². The number of aromatic nitrogens is 2. The first-order valence-electron chi connectivity index (χ1n) is 6.08. The second-order valence-corrected chi connectivity index (χ2v) is 5.67. The number of nitrogens with one attached hydrogen (secondary N) is 1. The molecule has 3 rings (SSSR count). The van der Waals surface area contributed by atoms with E-state index in [2.05, 4.69) is 34.0 Å². The Morgan fingerprint density at radius 3 is 3.00 bits per heavy atom. The van der Waals surface area contributed by atoms with Crippen LogP contribution in [0.3, 0.4) is 0 Å². The highest BCUT2D eigenvalue weighted by Gasteiger charge is 2.32. The van der Waals surface area contributed by atoms with Crippen molar-refractivity contribution in [2.45, 2.75) is 25.4 Å². The van der Waals surface area contributed by atoms with Crippen LogP contribution in [0, 0.1) is 5.92 Å². The second kappa shape index (κ2) is 4.63. The van der Waals surface area contributed by atoms with Gasteiger partial charge < -0.3 is 5.32 Å². The van der Waals surface area contributed by atoms with Gasteiger partial charge in [0.05, 0.1) is 5.69 Å². The Kier molecular flexibility index (Phi) is 2.99. The van der Waals surface area contributed by atoms with Gasteiger partial charge >= 0.3 is 0 Å². The first kappa shape index (κ1) is 11.0. The third-order valence-electron chi connectivity index (χ3n) is 3.22. The van der Waals surface area contributed by atoms with Crippen LogP contribution in [0.5, 0.6) is 0 Å². The normalized spacial score (nSPS) is 17.2. The first-order valence-corrected chi connectivity index (χ1v) is 6.96. The van der Waals surface area contributed by atoms with Gasteiger partial charge in [0.15, 0.2) is 0 Å². The molecule has 2 heterocycles. The molecule has 1 saturated carbocycles. The lowest BCUT2D eigenvalue weighted by Crippen LogP contribution is -2.22. The van der Waals surface area contributed by atoms with E-state index in [-0.39, 0.29) is 0 Å². The lowest BCUT2D eigenvalue weighted by Gasteiger charge is -2.15. The molecule has 0 amide bonds. The van der Waals surface area contributed by atoms with Crippen LogP contribution in [-0.4, -0.2) is 9.78 Å². The summed E-state index contributed by atoms with van der Waals surface area (Å²) in [6.45, 7) is 0.861. The van der Waals surface area contributed by atoms with Crippen molar-refractivity contribution < 1.29 is 0 Å². The van der Waals surface area contributed by atoms with Crippen LogP contribution in [0.1, 0.15) is 29.5 Å². The molecule has 0 saturated heterocycles. The van der Waals surface area contributed by atoms with Gasteiger partial charge in [-0.15, -0.1) is 11.3 Å². The van der Waals surface area contributed by atoms with Gasteiger partial charge in [0, 0.05) is 30.7 Å². The van der Waals surface area contributed by atoms with Crippen molar-refractivity contribution in [3.8, 4) is 0 Å². The van der Waals surface area contributed by atoms with E-state index >= 15 is 0 Å². The number of nitrogens with zero attached hydrogens (tertiary/aromatic N) is 2. The van der Waals surface area contributed by atoms with Crippen LogP contribution in [0.15, 0.2) is 29.8 Å². The zero-order valence-electron chi connectivity index (χ0n) is 9.97. The van der Waals surface area contributed by atoms with Gasteiger partial charge in [-0.1, -0.05) is 6.07 Å². The highest BCUT2D eigenvalue weighted by atomic mass is 32.1. The largest absolute Gasteiger partial charge is 0.303 e. The molecule has 0 spiro atoms. The molecule has 3 nitrogen and oxygen atoms in total. The van der Waals surface area contributed by atoms with E-state index in [0.717, 1.165) is 18.2 Å². The van der Waals surface area contributed by atoms with E-state index in [1.54, 1.807) is 0 Å². The van der Waals surface area contributed by atoms with Crippen LogP contribution in [0.4, 0.5) is 0 Å². The van der Waals surface area contributed by atoms with Crippen molar-refractivity contribution in [1.82, 2.24) is 15.1 Å². The topological polar surface area (TPSA) is 29.9 Å². The monoisotopic (exact) mass is 247 g/mol. The Morgan fingerprint density at radius 2 is 2.41 bits per heavy atom. The number of hydrogen-bond acceptors (Lipinski definition) is 3. The van der Waals surface area contributed by atoms with Gasteiger partial charge in [0.1, 0.15) is 0 Å². The average Bonchev–Trinajstić information content (AvgIpc) is 2.85. The molecule has 0 radical (unpaired) electrons. The molecule has 17 heavy (non-hydrogen) atoms. The SMILES string of the molecule is Cn1ccc(CNC(c2cccs2)C2CC2)n1. The number of rotatable bonds is 5. The summed E-state index contributed by atoms with van der Waals surface area (Å²) >= 11 is 1.85. The van der Waals surface area contributed by atoms with Crippen LogP contribution >= 0.6 is 11.3 Å². The van der Waals surface area contributed by atoms with Gasteiger partial charge in [-0.25, -0.2) is 0 Å². The molecule has 4 heteroatoms. The minimum atomic E-state index is 0.525. The number of thiophene rings is 1. The van der Waals surface area contributed by atoms with Gasteiger partial charge in [-0.3, -0.25) is 4.68 Å². The molecule has 1 N–H and O–H groups in total. The standard InChI is InChI=1S/C13H17N3S/c1-16-7-6-11(15-16)9-14-13(10-4-5-10)12-3-2-8-17-12/h2-3,6-8,10,13-14H,4-5,9H2,1H3. The van der Waals surface area contributed by atoms with Crippen LogP contribution in [0.25, 0.3) is 0 Å². The Morgan fingerprint density at radius 1 is 1.53 bits per heavy atom. The van der Waals surface area contributed by atoms with E-state index in [1.165, 1.54) is 17.7 Å².